The monoisotopic (exact) mass is 605 g/mol. The number of aromatic nitrogens is 1. The number of carbonyl (C=O) groups is 1. The molecule has 0 bridgehead atoms. The topological polar surface area (TPSA) is 77.3 Å². The first kappa shape index (κ1) is 30.9. The van der Waals surface area contributed by atoms with Gasteiger partial charge in [0.2, 0.25) is 5.58 Å². The Hall–Kier alpha value is -3.57. The minimum atomic E-state index is -2.96. The Labute approximate surface area is 253 Å². The SMILES string of the molecule is CON(C)C(=O)c1noc2c(F)c(N3C[C@@H](C)O[C@@H](C)C3)c(CO[Si](c3ccccc3)(c3ccccc3)C(C)(C)C)cc12. The van der Waals surface area contributed by atoms with Crippen molar-refractivity contribution in [3.63, 3.8) is 0 Å². The van der Waals surface area contributed by atoms with Crippen molar-refractivity contribution in [2.75, 3.05) is 32.1 Å². The molecule has 0 radical (unpaired) electrons. The van der Waals surface area contributed by atoms with Crippen molar-refractivity contribution in [2.45, 2.75) is 58.5 Å². The first-order chi connectivity index (χ1) is 20.5. The van der Waals surface area contributed by atoms with Gasteiger partial charge in [-0.15, -0.1) is 0 Å². The van der Waals surface area contributed by atoms with Crippen molar-refractivity contribution in [2.24, 2.45) is 0 Å². The normalized spacial score (nSPS) is 17.8. The van der Waals surface area contributed by atoms with Gasteiger partial charge in [-0.3, -0.25) is 9.63 Å². The highest BCUT2D eigenvalue weighted by atomic mass is 28.4. The van der Waals surface area contributed by atoms with E-state index in [0.717, 1.165) is 15.4 Å². The summed E-state index contributed by atoms with van der Waals surface area (Å²) >= 11 is 0. The smallest absolute Gasteiger partial charge is 0.299 e. The van der Waals surface area contributed by atoms with Crippen molar-refractivity contribution >= 4 is 41.3 Å². The number of halogens is 1. The molecule has 10 heteroatoms. The van der Waals surface area contributed by atoms with Crippen LogP contribution in [0.1, 0.15) is 50.7 Å². The minimum absolute atomic E-state index is 0.0276. The van der Waals surface area contributed by atoms with Crippen LogP contribution in [0.25, 0.3) is 11.0 Å². The molecule has 43 heavy (non-hydrogen) atoms. The van der Waals surface area contributed by atoms with Crippen LogP contribution in [0.5, 0.6) is 0 Å². The number of benzene rings is 3. The zero-order valence-electron chi connectivity index (χ0n) is 25.9. The largest absolute Gasteiger partial charge is 0.403 e. The lowest BCUT2D eigenvalue weighted by Gasteiger charge is -2.43. The van der Waals surface area contributed by atoms with Crippen molar-refractivity contribution in [1.82, 2.24) is 10.2 Å². The number of morpholine rings is 1. The van der Waals surface area contributed by atoms with Gasteiger partial charge < -0.3 is 18.6 Å². The van der Waals surface area contributed by atoms with E-state index in [2.05, 4.69) is 50.2 Å². The van der Waals surface area contributed by atoms with Gasteiger partial charge in [0.05, 0.1) is 37.0 Å². The fourth-order valence-electron chi connectivity index (χ4n) is 6.23. The molecule has 0 aliphatic carbocycles. The van der Waals surface area contributed by atoms with Crippen molar-refractivity contribution in [3.05, 3.63) is 83.8 Å². The fraction of sp³-hybridized carbons (Fsp3) is 0.394. The highest BCUT2D eigenvalue weighted by Gasteiger charge is 2.50. The summed E-state index contributed by atoms with van der Waals surface area (Å²) in [5, 5.41) is 7.23. The van der Waals surface area contributed by atoms with Crippen LogP contribution < -0.4 is 15.3 Å². The molecule has 1 aliphatic rings. The average molecular weight is 606 g/mol. The van der Waals surface area contributed by atoms with Crippen LogP contribution in [0, 0.1) is 5.82 Å². The predicted molar refractivity (Wildman–Crippen MR) is 168 cm³/mol. The Bertz CT molecular complexity index is 1520. The number of hydroxylamine groups is 2. The van der Waals surface area contributed by atoms with E-state index in [1.807, 2.05) is 55.1 Å². The van der Waals surface area contributed by atoms with E-state index in [9.17, 15) is 4.79 Å². The van der Waals surface area contributed by atoms with Crippen LogP contribution in [0.3, 0.4) is 0 Å². The van der Waals surface area contributed by atoms with E-state index in [-0.39, 0.29) is 40.5 Å². The lowest BCUT2D eigenvalue weighted by Crippen LogP contribution is -2.66. The predicted octanol–water partition coefficient (Wildman–Crippen LogP) is 5.29. The zero-order valence-corrected chi connectivity index (χ0v) is 26.9. The molecular formula is C33H40FN3O5Si. The molecule has 228 valence electrons. The van der Waals surface area contributed by atoms with E-state index < -0.39 is 20.0 Å². The Morgan fingerprint density at radius 2 is 1.60 bits per heavy atom. The van der Waals surface area contributed by atoms with E-state index >= 15 is 4.39 Å². The number of rotatable bonds is 8. The van der Waals surface area contributed by atoms with E-state index in [1.54, 1.807) is 6.07 Å². The van der Waals surface area contributed by atoms with Crippen LogP contribution in [0.15, 0.2) is 71.3 Å². The summed E-state index contributed by atoms with van der Waals surface area (Å²) in [4.78, 5) is 20.1. The van der Waals surface area contributed by atoms with Crippen molar-refractivity contribution in [3.8, 4) is 0 Å². The lowest BCUT2D eigenvalue weighted by molar-refractivity contribution is -0.0761. The molecule has 1 amide bonds. The van der Waals surface area contributed by atoms with Crippen LogP contribution in [-0.4, -0.2) is 63.9 Å². The molecule has 0 spiro atoms. The van der Waals surface area contributed by atoms with Gasteiger partial charge >= 0.3 is 0 Å². The summed E-state index contributed by atoms with van der Waals surface area (Å²) in [5.74, 6) is -1.12. The summed E-state index contributed by atoms with van der Waals surface area (Å²) in [7, 11) is -0.112. The Morgan fingerprint density at radius 1 is 1.05 bits per heavy atom. The second kappa shape index (κ2) is 12.2. The van der Waals surface area contributed by atoms with Crippen LogP contribution in [0.2, 0.25) is 5.04 Å². The standard InChI is InChI=1S/C33H40FN3O5Si/c1-22-19-37(20-23(2)41-22)30-24(18-27-29(32(38)36(6)39-7)35-42-31(27)28(30)34)21-40-43(33(3,4)5,25-14-10-8-11-15-25)26-16-12-9-13-17-26/h8-18,22-23H,19-21H2,1-7H3/t22-,23+. The Kier molecular flexibility index (Phi) is 8.76. The zero-order chi connectivity index (χ0) is 30.9. The molecule has 8 nitrogen and oxygen atoms in total. The van der Waals surface area contributed by atoms with E-state index in [1.165, 1.54) is 14.2 Å². The number of ether oxygens (including phenoxy) is 1. The maximum absolute atomic E-state index is 16.6. The quantitative estimate of drug-likeness (QED) is 0.200. The minimum Gasteiger partial charge on any atom is -0.403 e. The van der Waals surface area contributed by atoms with Crippen molar-refractivity contribution in [1.29, 1.82) is 0 Å². The highest BCUT2D eigenvalue weighted by molar-refractivity contribution is 6.99. The van der Waals surface area contributed by atoms with Gasteiger partial charge in [0.15, 0.2) is 11.5 Å². The van der Waals surface area contributed by atoms with Crippen molar-refractivity contribution < 1.29 is 27.7 Å². The Balaban J connectivity index is 1.70. The third-order valence-electron chi connectivity index (χ3n) is 8.12. The van der Waals surface area contributed by atoms with E-state index in [4.69, 9.17) is 18.5 Å². The number of nitrogens with zero attached hydrogens (tertiary/aromatic N) is 3. The number of anilines is 1. The first-order valence-corrected chi connectivity index (χ1v) is 16.5. The summed E-state index contributed by atoms with van der Waals surface area (Å²) in [6.45, 7) is 11.6. The molecule has 5 rings (SSSR count). The summed E-state index contributed by atoms with van der Waals surface area (Å²) < 4.78 is 35.3. The summed E-state index contributed by atoms with van der Waals surface area (Å²) in [6, 6.07) is 22.4. The van der Waals surface area contributed by atoms with Gasteiger partial charge in [0.25, 0.3) is 14.2 Å². The molecule has 2 heterocycles. The van der Waals surface area contributed by atoms with Gasteiger partial charge in [-0.05, 0) is 35.3 Å². The molecule has 1 aliphatic heterocycles. The molecule has 1 fully saturated rings. The third-order valence-corrected chi connectivity index (χ3v) is 13.1. The van der Waals surface area contributed by atoms with Crippen LogP contribution in [-0.2, 0) is 20.6 Å². The van der Waals surface area contributed by atoms with Gasteiger partial charge in [-0.2, -0.15) is 0 Å². The fourth-order valence-corrected chi connectivity index (χ4v) is 10.8. The molecule has 1 aromatic heterocycles. The average Bonchev–Trinajstić information content (AvgIpc) is 3.41. The lowest BCUT2D eigenvalue weighted by atomic mass is 10.1. The Morgan fingerprint density at radius 3 is 2.12 bits per heavy atom. The number of hydrogen-bond donors (Lipinski definition) is 0. The van der Waals surface area contributed by atoms with E-state index in [0.29, 0.717) is 24.3 Å². The van der Waals surface area contributed by atoms with Gasteiger partial charge in [-0.25, -0.2) is 9.45 Å². The molecule has 4 aromatic rings. The molecule has 2 atom stereocenters. The molecular weight excluding hydrogens is 565 g/mol. The maximum Gasteiger partial charge on any atom is 0.299 e. The molecule has 0 N–H and O–H groups in total. The number of amides is 1. The van der Waals surface area contributed by atoms with Crippen LogP contribution >= 0.6 is 0 Å². The number of carbonyl (C=O) groups excluding carboxylic acids is 1. The first-order valence-electron chi connectivity index (χ1n) is 14.6. The number of fused-ring (bicyclic) bond motifs is 1. The molecule has 3 aromatic carbocycles. The molecule has 1 saturated heterocycles. The molecule has 0 saturated carbocycles. The highest BCUT2D eigenvalue weighted by Crippen LogP contribution is 2.40. The van der Waals surface area contributed by atoms with Crippen LogP contribution in [0.4, 0.5) is 10.1 Å². The van der Waals surface area contributed by atoms with Gasteiger partial charge in [0, 0.05) is 25.7 Å². The molecule has 0 unspecified atom stereocenters. The van der Waals surface area contributed by atoms with Gasteiger partial charge in [0.1, 0.15) is 0 Å². The second-order valence-electron chi connectivity index (χ2n) is 12.2. The maximum atomic E-state index is 16.6. The summed E-state index contributed by atoms with van der Waals surface area (Å²) in [6.07, 6.45) is -0.210. The second-order valence-corrected chi connectivity index (χ2v) is 16.5. The third kappa shape index (κ3) is 5.72. The number of hydrogen-bond acceptors (Lipinski definition) is 7. The van der Waals surface area contributed by atoms with Gasteiger partial charge in [-0.1, -0.05) is 86.6 Å². The summed E-state index contributed by atoms with van der Waals surface area (Å²) in [5.41, 5.74) is 0.878.